The minimum absolute atomic E-state index is 0.319. The van der Waals surface area contributed by atoms with Crippen molar-refractivity contribution in [1.29, 1.82) is 0 Å². The van der Waals surface area contributed by atoms with E-state index in [2.05, 4.69) is 4.90 Å². The number of fused-ring (bicyclic) bond motifs is 3. The lowest BCUT2D eigenvalue weighted by molar-refractivity contribution is -0.149. The Kier molecular flexibility index (Phi) is 6.32. The quantitative estimate of drug-likeness (QED) is 0.463. The van der Waals surface area contributed by atoms with Crippen LogP contribution in [0.3, 0.4) is 0 Å². The molecule has 1 aliphatic carbocycles. The molecule has 6 nitrogen and oxygen atoms in total. The van der Waals surface area contributed by atoms with E-state index >= 15 is 0 Å². The number of rotatable bonds is 7. The zero-order valence-corrected chi connectivity index (χ0v) is 21.7. The van der Waals surface area contributed by atoms with Gasteiger partial charge in [-0.15, -0.1) is 0 Å². The molecule has 3 aromatic carbocycles. The van der Waals surface area contributed by atoms with Crippen LogP contribution in [0.4, 0.5) is 0 Å². The van der Waals surface area contributed by atoms with Gasteiger partial charge in [0.15, 0.2) is 11.2 Å². The van der Waals surface area contributed by atoms with Gasteiger partial charge in [-0.2, -0.15) is 0 Å². The highest BCUT2D eigenvalue weighted by molar-refractivity contribution is 6.30. The molecule has 37 heavy (non-hydrogen) atoms. The Morgan fingerprint density at radius 3 is 2.49 bits per heavy atom. The molecule has 2 aliphatic heterocycles. The van der Waals surface area contributed by atoms with Gasteiger partial charge in [0.25, 0.3) is 0 Å². The average Bonchev–Trinajstić information content (AvgIpc) is 3.58. The van der Waals surface area contributed by atoms with Crippen LogP contribution in [0.1, 0.15) is 41.9 Å². The van der Waals surface area contributed by atoms with E-state index in [1.165, 1.54) is 12.8 Å². The summed E-state index contributed by atoms with van der Waals surface area (Å²) >= 11 is 6.24. The fourth-order valence-electron chi connectivity index (χ4n) is 6.55. The average molecular weight is 522 g/mol. The molecular formula is C30H32ClNO5. The number of nitrogens with zero attached hydrogens (tertiary/aromatic N) is 1. The minimum atomic E-state index is -1.75. The minimum Gasteiger partial charge on any atom is -0.496 e. The smallest absolute Gasteiger partial charge is 0.176 e. The van der Waals surface area contributed by atoms with Crippen LogP contribution >= 0.6 is 11.6 Å². The van der Waals surface area contributed by atoms with Crippen molar-refractivity contribution in [2.75, 3.05) is 33.4 Å². The van der Waals surface area contributed by atoms with Crippen LogP contribution in [0.25, 0.3) is 0 Å². The highest BCUT2D eigenvalue weighted by Crippen LogP contribution is 2.68. The van der Waals surface area contributed by atoms with Crippen LogP contribution < -0.4 is 14.2 Å². The number of hydrogen-bond donors (Lipinski definition) is 2. The molecule has 0 radical (unpaired) electrons. The maximum atomic E-state index is 12.5. The Hall–Kier alpha value is -2.77. The summed E-state index contributed by atoms with van der Waals surface area (Å²) in [5.41, 5.74) is -0.887. The largest absolute Gasteiger partial charge is 0.496 e. The maximum Gasteiger partial charge on any atom is 0.176 e. The van der Waals surface area contributed by atoms with E-state index in [-0.39, 0.29) is 5.92 Å². The SMILES string of the molecule is COc1cc(OCCN2CCCC2)cc2c1[C@]1(O)[C@H](O)C[C@@H](c3ccccc3)[C@]1(c1ccc(Cl)cc1)O2. The standard InChI is InChI=1S/C30H32ClNO5/c1-35-25-17-23(36-16-15-32-13-5-6-14-32)18-26-28(25)29(34)27(33)19-24(20-7-3-2-4-8-20)30(29,37-26)21-9-11-22(31)12-10-21/h2-4,7-12,17-18,24,27,33-34H,5-6,13-16,19H2,1H3/t24-,27+,29+,30-/m0/s1. The Labute approximate surface area is 222 Å². The monoisotopic (exact) mass is 521 g/mol. The van der Waals surface area contributed by atoms with E-state index in [0.29, 0.717) is 40.9 Å². The molecule has 4 atom stereocenters. The van der Waals surface area contributed by atoms with Gasteiger partial charge in [-0.25, -0.2) is 0 Å². The molecule has 6 rings (SSSR count). The van der Waals surface area contributed by atoms with Gasteiger partial charge in [0.05, 0.1) is 18.8 Å². The van der Waals surface area contributed by atoms with Gasteiger partial charge < -0.3 is 24.4 Å². The summed E-state index contributed by atoms with van der Waals surface area (Å²) in [7, 11) is 1.56. The number of aliphatic hydroxyl groups is 2. The Bertz CT molecular complexity index is 1260. The van der Waals surface area contributed by atoms with Gasteiger partial charge in [0.1, 0.15) is 23.9 Å². The summed E-state index contributed by atoms with van der Waals surface area (Å²) in [6.45, 7) is 3.61. The molecule has 1 saturated heterocycles. The molecule has 0 bridgehead atoms. The summed E-state index contributed by atoms with van der Waals surface area (Å²) in [6, 6.07) is 20.8. The Morgan fingerprint density at radius 1 is 1.05 bits per heavy atom. The van der Waals surface area contributed by atoms with Crippen molar-refractivity contribution >= 4 is 11.6 Å². The molecular weight excluding hydrogens is 490 g/mol. The molecule has 0 aromatic heterocycles. The van der Waals surface area contributed by atoms with E-state index in [9.17, 15) is 10.2 Å². The second-order valence-electron chi connectivity index (χ2n) is 10.2. The van der Waals surface area contributed by atoms with E-state index in [1.807, 2.05) is 48.5 Å². The van der Waals surface area contributed by atoms with Crippen LogP contribution in [-0.2, 0) is 11.2 Å². The second kappa shape index (κ2) is 9.52. The third-order valence-corrected chi connectivity index (χ3v) is 8.51. The van der Waals surface area contributed by atoms with Crippen LogP contribution in [0.2, 0.25) is 5.02 Å². The number of aliphatic hydroxyl groups excluding tert-OH is 1. The molecule has 2 N–H and O–H groups in total. The zero-order valence-electron chi connectivity index (χ0n) is 20.9. The summed E-state index contributed by atoms with van der Waals surface area (Å²) in [4.78, 5) is 2.39. The third-order valence-electron chi connectivity index (χ3n) is 8.26. The zero-order chi connectivity index (χ0) is 25.6. The van der Waals surface area contributed by atoms with Crippen molar-refractivity contribution < 1.29 is 24.4 Å². The van der Waals surface area contributed by atoms with Gasteiger partial charge in [-0.05, 0) is 55.6 Å². The van der Waals surface area contributed by atoms with Gasteiger partial charge in [0, 0.05) is 29.6 Å². The van der Waals surface area contributed by atoms with E-state index in [1.54, 1.807) is 25.3 Å². The molecule has 0 spiro atoms. The molecule has 3 aromatic rings. The third kappa shape index (κ3) is 3.81. The summed E-state index contributed by atoms with van der Waals surface area (Å²) < 4.78 is 18.7. The molecule has 2 fully saturated rings. The molecule has 0 amide bonds. The number of hydrogen-bond acceptors (Lipinski definition) is 6. The number of likely N-dealkylation sites (tertiary alicyclic amines) is 1. The summed E-state index contributed by atoms with van der Waals surface area (Å²) in [5.74, 6) is 1.16. The predicted octanol–water partition coefficient (Wildman–Crippen LogP) is 4.85. The topological polar surface area (TPSA) is 71.4 Å². The Morgan fingerprint density at radius 2 is 1.78 bits per heavy atom. The number of ether oxygens (including phenoxy) is 3. The first kappa shape index (κ1) is 24.6. The van der Waals surface area contributed by atoms with Crippen LogP contribution in [0.5, 0.6) is 17.2 Å². The summed E-state index contributed by atoms with van der Waals surface area (Å²) in [5, 5.41) is 24.6. The number of halogens is 1. The predicted molar refractivity (Wildman–Crippen MR) is 142 cm³/mol. The van der Waals surface area contributed by atoms with Gasteiger partial charge in [0.2, 0.25) is 0 Å². The van der Waals surface area contributed by atoms with Crippen LogP contribution in [0, 0.1) is 0 Å². The fourth-order valence-corrected chi connectivity index (χ4v) is 6.67. The van der Waals surface area contributed by atoms with Crippen LogP contribution in [0.15, 0.2) is 66.7 Å². The molecule has 2 heterocycles. The molecule has 1 saturated carbocycles. The van der Waals surface area contributed by atoms with E-state index in [4.69, 9.17) is 25.8 Å². The van der Waals surface area contributed by atoms with Crippen molar-refractivity contribution in [2.45, 2.75) is 42.5 Å². The first-order chi connectivity index (χ1) is 18.0. The molecule has 194 valence electrons. The van der Waals surface area contributed by atoms with Gasteiger partial charge in [-0.1, -0.05) is 54.1 Å². The van der Waals surface area contributed by atoms with Crippen molar-refractivity contribution in [3.8, 4) is 17.2 Å². The maximum absolute atomic E-state index is 12.5. The van der Waals surface area contributed by atoms with Gasteiger partial charge >= 0.3 is 0 Å². The van der Waals surface area contributed by atoms with E-state index < -0.39 is 17.3 Å². The van der Waals surface area contributed by atoms with Gasteiger partial charge in [-0.3, -0.25) is 4.90 Å². The number of methoxy groups -OCH3 is 1. The van der Waals surface area contributed by atoms with Crippen molar-refractivity contribution in [3.05, 3.63) is 88.4 Å². The first-order valence-electron chi connectivity index (χ1n) is 13.0. The highest BCUT2D eigenvalue weighted by atomic mass is 35.5. The molecule has 7 heteroatoms. The fraction of sp³-hybridized carbons (Fsp3) is 0.400. The van der Waals surface area contributed by atoms with Crippen molar-refractivity contribution in [1.82, 2.24) is 4.90 Å². The lowest BCUT2D eigenvalue weighted by Crippen LogP contribution is -2.52. The first-order valence-corrected chi connectivity index (χ1v) is 13.3. The van der Waals surface area contributed by atoms with Crippen molar-refractivity contribution in [2.24, 2.45) is 0 Å². The highest BCUT2D eigenvalue weighted by Gasteiger charge is 2.73. The summed E-state index contributed by atoms with van der Waals surface area (Å²) in [6.07, 6.45) is 1.69. The molecule has 3 aliphatic rings. The van der Waals surface area contributed by atoms with Crippen LogP contribution in [-0.4, -0.2) is 54.6 Å². The molecule has 0 unspecified atom stereocenters. The van der Waals surface area contributed by atoms with Crippen molar-refractivity contribution in [3.63, 3.8) is 0 Å². The normalized spacial score (nSPS) is 28.5. The number of benzene rings is 3. The Balaban J connectivity index is 1.45. The lowest BCUT2D eigenvalue weighted by Gasteiger charge is -2.40. The van der Waals surface area contributed by atoms with E-state index in [0.717, 1.165) is 30.8 Å². The second-order valence-corrected chi connectivity index (χ2v) is 10.7. The lowest BCUT2D eigenvalue weighted by atomic mass is 9.71.